The summed E-state index contributed by atoms with van der Waals surface area (Å²) in [4.78, 5) is 16.7. The molecule has 170 valence electrons. The fourth-order valence-corrected chi connectivity index (χ4v) is 4.61. The van der Waals surface area contributed by atoms with Crippen LogP contribution in [-0.2, 0) is 9.36 Å². The van der Waals surface area contributed by atoms with Crippen molar-refractivity contribution in [2.24, 2.45) is 0 Å². The maximum Gasteiger partial charge on any atom is 0.257 e. The number of methoxy groups -OCH3 is 1. The summed E-state index contributed by atoms with van der Waals surface area (Å²) in [7, 11) is -0.837. The van der Waals surface area contributed by atoms with Crippen LogP contribution < -0.4 is 20.7 Å². The zero-order valence-corrected chi connectivity index (χ0v) is 20.1. The average molecular weight is 483 g/mol. The number of hydrogen-bond acceptors (Lipinski definition) is 8. The highest BCUT2D eigenvalue weighted by atomic mass is 32.2. The Hall–Kier alpha value is -3.36. The van der Waals surface area contributed by atoms with E-state index in [-0.39, 0.29) is 11.7 Å². The molecule has 9 nitrogen and oxygen atoms in total. The summed E-state index contributed by atoms with van der Waals surface area (Å²) < 4.78 is 19.5. The first-order valence-electron chi connectivity index (χ1n) is 10.0. The average Bonchev–Trinajstić information content (AvgIpc) is 3.20. The van der Waals surface area contributed by atoms with E-state index in [9.17, 15) is 9.36 Å². The Morgan fingerprint density at radius 3 is 2.64 bits per heavy atom. The van der Waals surface area contributed by atoms with Crippen molar-refractivity contribution in [2.75, 3.05) is 36.8 Å². The van der Waals surface area contributed by atoms with E-state index in [1.165, 1.54) is 11.8 Å². The largest absolute Gasteiger partial charge is 0.495 e. The molecule has 2 aromatic heterocycles. The fourth-order valence-electron chi connectivity index (χ4n) is 3.04. The summed E-state index contributed by atoms with van der Waals surface area (Å²) in [6.07, 6.45) is 1.79. The number of aromatic nitrogens is 4. The van der Waals surface area contributed by atoms with Gasteiger partial charge in [-0.25, -0.2) is 0 Å². The van der Waals surface area contributed by atoms with Gasteiger partial charge in [0.05, 0.1) is 18.6 Å². The van der Waals surface area contributed by atoms with Crippen LogP contribution in [0.25, 0.3) is 5.78 Å². The van der Waals surface area contributed by atoms with E-state index >= 15 is 0 Å². The van der Waals surface area contributed by atoms with Crippen LogP contribution in [0.15, 0.2) is 66.0 Å². The molecule has 0 aliphatic carbocycles. The van der Waals surface area contributed by atoms with E-state index in [1.807, 2.05) is 42.5 Å². The summed E-state index contributed by atoms with van der Waals surface area (Å²) in [6, 6.07) is 16.5. The molecule has 0 saturated heterocycles. The number of nitrogens with one attached hydrogen (secondary N) is 2. The van der Waals surface area contributed by atoms with E-state index in [0.717, 1.165) is 11.0 Å². The summed E-state index contributed by atoms with van der Waals surface area (Å²) in [5.74, 6) is 1.58. The Morgan fingerprint density at radius 1 is 1.12 bits per heavy atom. The van der Waals surface area contributed by atoms with Gasteiger partial charge in [-0.05, 0) is 49.7 Å². The van der Waals surface area contributed by atoms with Crippen molar-refractivity contribution in [3.63, 3.8) is 0 Å². The van der Waals surface area contributed by atoms with Crippen molar-refractivity contribution in [1.82, 2.24) is 19.6 Å². The molecule has 2 N–H and O–H groups in total. The minimum Gasteiger partial charge on any atom is -0.495 e. The van der Waals surface area contributed by atoms with Crippen LogP contribution in [0.2, 0.25) is 0 Å². The zero-order valence-electron chi connectivity index (χ0n) is 18.3. The summed E-state index contributed by atoms with van der Waals surface area (Å²) in [5, 5.41) is 15.6. The molecule has 0 unspecified atom stereocenters. The number of carbonyl (C=O) groups excluding carboxylic acids is 1. The molecule has 11 heteroatoms. The van der Waals surface area contributed by atoms with Gasteiger partial charge in [0.1, 0.15) is 18.7 Å². The van der Waals surface area contributed by atoms with Crippen LogP contribution in [0, 0.1) is 0 Å². The number of para-hydroxylation sites is 1. The lowest BCUT2D eigenvalue weighted by atomic mass is 10.3. The topological polar surface area (TPSA) is 111 Å². The van der Waals surface area contributed by atoms with Gasteiger partial charge in [0.25, 0.3) is 5.78 Å². The quantitative estimate of drug-likeness (QED) is 0.288. The second-order valence-electron chi connectivity index (χ2n) is 7.53. The Labute approximate surface area is 195 Å². The van der Waals surface area contributed by atoms with Crippen molar-refractivity contribution in [3.8, 4) is 5.75 Å². The van der Waals surface area contributed by atoms with Gasteiger partial charge < -0.3 is 19.9 Å². The lowest BCUT2D eigenvalue weighted by Gasteiger charge is -2.14. The van der Waals surface area contributed by atoms with Crippen molar-refractivity contribution in [2.45, 2.75) is 5.16 Å². The summed E-state index contributed by atoms with van der Waals surface area (Å²) in [5.41, 5.74) is 1.44. The van der Waals surface area contributed by atoms with Crippen LogP contribution in [0.3, 0.4) is 0 Å². The smallest absolute Gasteiger partial charge is 0.257 e. The Balaban J connectivity index is 1.46. The second-order valence-corrected chi connectivity index (χ2v) is 11.7. The summed E-state index contributed by atoms with van der Waals surface area (Å²) >= 11 is 1.27. The number of hydrogen-bond donors (Lipinski definition) is 2. The summed E-state index contributed by atoms with van der Waals surface area (Å²) in [6.45, 7) is 3.44. The third-order valence-electron chi connectivity index (χ3n) is 4.71. The molecule has 0 aliphatic heterocycles. The molecule has 0 radical (unpaired) electrons. The lowest BCUT2D eigenvalue weighted by molar-refractivity contribution is -0.113. The second kappa shape index (κ2) is 9.64. The van der Waals surface area contributed by atoms with Crippen LogP contribution in [0.5, 0.6) is 5.75 Å². The molecule has 0 fully saturated rings. The fraction of sp³-hybridized carbons (Fsp3) is 0.182. The number of benzene rings is 2. The van der Waals surface area contributed by atoms with Crippen molar-refractivity contribution < 1.29 is 14.1 Å². The van der Waals surface area contributed by atoms with Crippen LogP contribution >= 0.6 is 18.9 Å². The minimum absolute atomic E-state index is 0.131. The molecular formula is C22H23N6O3PS. The maximum atomic E-state index is 12.4. The number of thioether (sulfide) groups is 1. The van der Waals surface area contributed by atoms with Gasteiger partial charge in [-0.2, -0.15) is 4.98 Å². The van der Waals surface area contributed by atoms with E-state index < -0.39 is 7.14 Å². The molecule has 33 heavy (non-hydrogen) atoms. The predicted octanol–water partition coefficient (Wildman–Crippen LogP) is 3.86. The molecule has 0 aliphatic rings. The van der Waals surface area contributed by atoms with Gasteiger partial charge in [0, 0.05) is 17.2 Å². The van der Waals surface area contributed by atoms with Gasteiger partial charge in [-0.3, -0.25) is 9.20 Å². The molecule has 2 heterocycles. The predicted molar refractivity (Wildman–Crippen MR) is 132 cm³/mol. The van der Waals surface area contributed by atoms with Gasteiger partial charge in [0.2, 0.25) is 5.91 Å². The molecule has 1 amide bonds. The maximum absolute atomic E-state index is 12.4. The normalized spacial score (nSPS) is 11.4. The SMILES string of the molecule is COc1cc(P(C)(C)=O)ccc1Nc1ccn2c(SCC(=O)Nc3ccccc3)nnc2n1. The highest BCUT2D eigenvalue weighted by Gasteiger charge is 2.15. The van der Waals surface area contributed by atoms with Gasteiger partial charge in [0.15, 0.2) is 5.16 Å². The number of amides is 1. The Morgan fingerprint density at radius 2 is 1.91 bits per heavy atom. The minimum atomic E-state index is -2.40. The number of nitrogens with zero attached hydrogens (tertiary/aromatic N) is 4. The van der Waals surface area contributed by atoms with Crippen LogP contribution in [0.4, 0.5) is 17.2 Å². The lowest BCUT2D eigenvalue weighted by Crippen LogP contribution is -2.14. The number of ether oxygens (including phenoxy) is 1. The zero-order chi connectivity index (χ0) is 23.4. The van der Waals surface area contributed by atoms with E-state index in [2.05, 4.69) is 25.8 Å². The highest BCUT2D eigenvalue weighted by Crippen LogP contribution is 2.38. The first-order valence-corrected chi connectivity index (χ1v) is 13.6. The van der Waals surface area contributed by atoms with Gasteiger partial charge >= 0.3 is 0 Å². The molecular weight excluding hydrogens is 459 g/mol. The van der Waals surface area contributed by atoms with Gasteiger partial charge in [-0.15, -0.1) is 10.2 Å². The van der Waals surface area contributed by atoms with Crippen molar-refractivity contribution in [3.05, 3.63) is 60.8 Å². The molecule has 0 saturated carbocycles. The molecule has 2 aromatic carbocycles. The van der Waals surface area contributed by atoms with Gasteiger partial charge in [-0.1, -0.05) is 30.0 Å². The molecule has 0 spiro atoms. The molecule has 0 atom stereocenters. The Bertz CT molecular complexity index is 1340. The molecule has 4 rings (SSSR count). The highest BCUT2D eigenvalue weighted by molar-refractivity contribution is 7.99. The number of carbonyl (C=O) groups is 1. The number of fused-ring (bicyclic) bond motifs is 1. The van der Waals surface area contributed by atoms with Crippen LogP contribution in [0.1, 0.15) is 0 Å². The van der Waals surface area contributed by atoms with E-state index in [4.69, 9.17) is 4.74 Å². The first kappa shape index (κ1) is 22.8. The van der Waals surface area contributed by atoms with E-state index in [1.54, 1.807) is 43.2 Å². The van der Waals surface area contributed by atoms with E-state index in [0.29, 0.717) is 28.2 Å². The Kier molecular flexibility index (Phi) is 6.67. The third-order valence-corrected chi connectivity index (χ3v) is 7.17. The first-order chi connectivity index (χ1) is 15.8. The molecule has 4 aromatic rings. The number of anilines is 3. The molecule has 0 bridgehead atoms. The van der Waals surface area contributed by atoms with Crippen LogP contribution in [-0.4, -0.2) is 51.7 Å². The van der Waals surface area contributed by atoms with Crippen molar-refractivity contribution >= 4 is 53.1 Å². The monoisotopic (exact) mass is 482 g/mol. The third kappa shape index (κ3) is 5.53. The van der Waals surface area contributed by atoms with Crippen molar-refractivity contribution in [1.29, 1.82) is 0 Å². The number of rotatable bonds is 8. The standard InChI is InChI=1S/C22H23N6O3PS/c1-31-18-13-16(32(2,3)30)9-10-17(18)24-19-11-12-28-21(25-19)26-27-22(28)33-14-20(29)23-15-7-5-4-6-8-15/h4-13H,14H2,1-3H3,(H,23,29)(H,24,25,26).